The molecule has 1 atom stereocenters. The number of guanidine groups is 1. The zero-order valence-electron chi connectivity index (χ0n) is 15.1. The van der Waals surface area contributed by atoms with Crippen LogP contribution in [-0.4, -0.2) is 32.0 Å². The number of benzene rings is 2. The molecule has 2 aromatic rings. The van der Waals surface area contributed by atoms with Crippen molar-refractivity contribution in [2.75, 3.05) is 25.5 Å². The predicted octanol–water partition coefficient (Wildman–Crippen LogP) is 3.94. The number of hydrogen-bond acceptors (Lipinski definition) is 2. The lowest BCUT2D eigenvalue weighted by atomic mass is 9.90. The highest BCUT2D eigenvalue weighted by Crippen LogP contribution is 2.31. The third-order valence-corrected chi connectivity index (χ3v) is 5.55. The van der Waals surface area contributed by atoms with Crippen LogP contribution in [0.5, 0.6) is 0 Å². The summed E-state index contributed by atoms with van der Waals surface area (Å²) in [7, 11) is 1.74. The molecular formula is C20H22BrClN4O. The number of hydrogen-bond donors (Lipinski definition) is 3. The lowest BCUT2D eigenvalue weighted by molar-refractivity contribution is -0.116. The van der Waals surface area contributed by atoms with E-state index in [1.807, 2.05) is 36.4 Å². The first-order chi connectivity index (χ1) is 13.1. The van der Waals surface area contributed by atoms with Gasteiger partial charge in [-0.15, -0.1) is 0 Å². The topological polar surface area (TPSA) is 65.5 Å². The molecule has 1 amide bonds. The molecule has 0 aromatic heterocycles. The molecular weight excluding hydrogens is 428 g/mol. The average molecular weight is 450 g/mol. The van der Waals surface area contributed by atoms with Gasteiger partial charge in [-0.2, -0.15) is 0 Å². The molecule has 0 bridgehead atoms. The summed E-state index contributed by atoms with van der Waals surface area (Å²) in [6.07, 6.45) is 1.28. The number of fused-ring (bicyclic) bond motifs is 1. The quantitative estimate of drug-likeness (QED) is 0.478. The number of aliphatic imine (C=N–C) groups is 1. The Labute approximate surface area is 172 Å². The zero-order valence-corrected chi connectivity index (χ0v) is 17.4. The van der Waals surface area contributed by atoms with Crippen LogP contribution >= 0.6 is 27.5 Å². The van der Waals surface area contributed by atoms with E-state index in [9.17, 15) is 4.79 Å². The van der Waals surface area contributed by atoms with E-state index in [-0.39, 0.29) is 11.8 Å². The molecule has 0 saturated carbocycles. The largest absolute Gasteiger partial charge is 0.356 e. The fourth-order valence-electron chi connectivity index (χ4n) is 3.17. The summed E-state index contributed by atoms with van der Waals surface area (Å²) in [5.41, 5.74) is 3.19. The summed E-state index contributed by atoms with van der Waals surface area (Å²) in [5, 5.41) is 10.3. The number of carbonyl (C=O) groups excluding carboxylic acids is 1. The Kier molecular flexibility index (Phi) is 6.74. The molecule has 0 saturated heterocycles. The maximum atomic E-state index is 11.9. The van der Waals surface area contributed by atoms with Crippen molar-refractivity contribution in [1.82, 2.24) is 10.6 Å². The molecule has 0 radical (unpaired) electrons. The molecule has 0 spiro atoms. The number of para-hydroxylation sites is 1. The minimum absolute atomic E-state index is 0.0502. The summed E-state index contributed by atoms with van der Waals surface area (Å²) in [6.45, 7) is 1.37. The number of amides is 1. The SMILES string of the molecule is CN=C(NCCc1cc(Cl)ccc1Br)NCC1CC(=O)Nc2ccccc21. The van der Waals surface area contributed by atoms with Crippen molar-refractivity contribution in [3.63, 3.8) is 0 Å². The molecule has 1 aliphatic rings. The normalized spacial score (nSPS) is 16.5. The molecule has 142 valence electrons. The van der Waals surface area contributed by atoms with Crippen molar-refractivity contribution in [2.24, 2.45) is 4.99 Å². The molecule has 1 unspecified atom stereocenters. The second kappa shape index (κ2) is 9.24. The van der Waals surface area contributed by atoms with Crippen molar-refractivity contribution in [3.05, 3.63) is 63.1 Å². The van der Waals surface area contributed by atoms with Crippen molar-refractivity contribution < 1.29 is 4.79 Å². The van der Waals surface area contributed by atoms with Crippen LogP contribution < -0.4 is 16.0 Å². The minimum Gasteiger partial charge on any atom is -0.356 e. The van der Waals surface area contributed by atoms with Gasteiger partial charge in [0.05, 0.1) is 0 Å². The van der Waals surface area contributed by atoms with Crippen molar-refractivity contribution in [2.45, 2.75) is 18.8 Å². The first kappa shape index (κ1) is 19.7. The molecule has 0 aliphatic carbocycles. The van der Waals surface area contributed by atoms with Crippen molar-refractivity contribution >= 4 is 45.1 Å². The Morgan fingerprint density at radius 2 is 2.11 bits per heavy atom. The van der Waals surface area contributed by atoms with Crippen LogP contribution in [0.1, 0.15) is 23.5 Å². The van der Waals surface area contributed by atoms with Crippen LogP contribution in [0.3, 0.4) is 0 Å². The van der Waals surface area contributed by atoms with E-state index in [4.69, 9.17) is 11.6 Å². The van der Waals surface area contributed by atoms with E-state index in [1.54, 1.807) is 7.05 Å². The number of nitrogens with zero attached hydrogens (tertiary/aromatic N) is 1. The highest BCUT2D eigenvalue weighted by Gasteiger charge is 2.24. The lowest BCUT2D eigenvalue weighted by Gasteiger charge is -2.26. The standard InChI is InChI=1S/C20H22BrClN4O/c1-23-20(24-9-8-13-10-15(22)6-7-17(13)21)25-12-14-11-19(27)26-18-5-3-2-4-16(14)18/h2-7,10,14H,8-9,11-12H2,1H3,(H,26,27)(H2,23,24,25). The Morgan fingerprint density at radius 1 is 1.30 bits per heavy atom. The maximum Gasteiger partial charge on any atom is 0.225 e. The summed E-state index contributed by atoms with van der Waals surface area (Å²) in [6, 6.07) is 13.7. The van der Waals surface area contributed by atoms with Gasteiger partial charge in [-0.05, 0) is 41.8 Å². The highest BCUT2D eigenvalue weighted by atomic mass is 79.9. The fourth-order valence-corrected chi connectivity index (χ4v) is 3.81. The Bertz CT molecular complexity index is 856. The van der Waals surface area contributed by atoms with Gasteiger partial charge in [-0.1, -0.05) is 45.7 Å². The van der Waals surface area contributed by atoms with Gasteiger partial charge in [0.2, 0.25) is 5.91 Å². The van der Waals surface area contributed by atoms with Crippen LogP contribution in [-0.2, 0) is 11.2 Å². The van der Waals surface area contributed by atoms with Crippen LogP contribution in [0.25, 0.3) is 0 Å². The lowest BCUT2D eigenvalue weighted by Crippen LogP contribution is -2.41. The van der Waals surface area contributed by atoms with Crippen LogP contribution in [0.4, 0.5) is 5.69 Å². The Balaban J connectivity index is 1.54. The molecule has 3 N–H and O–H groups in total. The van der Waals surface area contributed by atoms with E-state index in [1.165, 1.54) is 0 Å². The maximum absolute atomic E-state index is 11.9. The van der Waals surface area contributed by atoms with E-state index in [0.29, 0.717) is 13.0 Å². The Morgan fingerprint density at radius 3 is 2.93 bits per heavy atom. The predicted molar refractivity (Wildman–Crippen MR) is 115 cm³/mol. The summed E-state index contributed by atoms with van der Waals surface area (Å²) in [4.78, 5) is 16.2. The van der Waals surface area contributed by atoms with E-state index in [0.717, 1.165) is 45.2 Å². The van der Waals surface area contributed by atoms with Crippen molar-refractivity contribution in [3.8, 4) is 0 Å². The molecule has 5 nitrogen and oxygen atoms in total. The van der Waals surface area contributed by atoms with Crippen LogP contribution in [0, 0.1) is 0 Å². The number of nitrogens with one attached hydrogen (secondary N) is 3. The minimum atomic E-state index is 0.0502. The van der Waals surface area contributed by atoms with E-state index >= 15 is 0 Å². The molecule has 3 rings (SSSR count). The van der Waals surface area contributed by atoms with Crippen molar-refractivity contribution in [1.29, 1.82) is 0 Å². The summed E-state index contributed by atoms with van der Waals surface area (Å²) >= 11 is 9.61. The first-order valence-electron chi connectivity index (χ1n) is 8.84. The first-order valence-corrected chi connectivity index (χ1v) is 10.0. The van der Waals surface area contributed by atoms with Crippen LogP contribution in [0.15, 0.2) is 51.9 Å². The number of halogens is 2. The third-order valence-electron chi connectivity index (χ3n) is 4.54. The average Bonchev–Trinajstić information content (AvgIpc) is 2.66. The molecule has 27 heavy (non-hydrogen) atoms. The smallest absolute Gasteiger partial charge is 0.225 e. The molecule has 0 fully saturated rings. The van der Waals surface area contributed by atoms with Crippen LogP contribution in [0.2, 0.25) is 5.02 Å². The van der Waals surface area contributed by atoms with Gasteiger partial charge in [0.1, 0.15) is 0 Å². The Hall–Kier alpha value is -2.05. The van der Waals surface area contributed by atoms with E-state index in [2.05, 4.69) is 42.9 Å². The van der Waals surface area contributed by atoms with Gasteiger partial charge < -0.3 is 16.0 Å². The van der Waals surface area contributed by atoms with Gasteiger partial charge in [0.15, 0.2) is 5.96 Å². The fraction of sp³-hybridized carbons (Fsp3) is 0.300. The molecule has 2 aromatic carbocycles. The summed E-state index contributed by atoms with van der Waals surface area (Å²) < 4.78 is 1.04. The third kappa shape index (κ3) is 5.23. The molecule has 7 heteroatoms. The second-order valence-corrected chi connectivity index (χ2v) is 7.69. The number of carbonyl (C=O) groups is 1. The van der Waals surface area contributed by atoms with E-state index < -0.39 is 0 Å². The molecule has 1 heterocycles. The number of rotatable bonds is 5. The van der Waals surface area contributed by atoms with Gasteiger partial charge in [0.25, 0.3) is 0 Å². The van der Waals surface area contributed by atoms with Gasteiger partial charge in [-0.25, -0.2) is 0 Å². The van der Waals surface area contributed by atoms with Gasteiger partial charge >= 0.3 is 0 Å². The number of anilines is 1. The zero-order chi connectivity index (χ0) is 19.2. The van der Waals surface area contributed by atoms with Gasteiger partial charge in [-0.3, -0.25) is 9.79 Å². The summed E-state index contributed by atoms with van der Waals surface area (Å²) in [5.74, 6) is 0.890. The molecule has 1 aliphatic heterocycles. The monoisotopic (exact) mass is 448 g/mol. The van der Waals surface area contributed by atoms with Gasteiger partial charge in [0, 0.05) is 47.7 Å². The highest BCUT2D eigenvalue weighted by molar-refractivity contribution is 9.10. The second-order valence-electron chi connectivity index (χ2n) is 6.40.